The zero-order chi connectivity index (χ0) is 13.5. The topological polar surface area (TPSA) is 32.3 Å². The molecule has 3 heteroatoms. The third-order valence-corrected chi connectivity index (χ3v) is 3.14. The Balaban J connectivity index is 2.68. The van der Waals surface area contributed by atoms with Crippen molar-refractivity contribution in [2.24, 2.45) is 0 Å². The summed E-state index contributed by atoms with van der Waals surface area (Å²) < 4.78 is 0. The fourth-order valence-corrected chi connectivity index (χ4v) is 1.80. The highest BCUT2D eigenvalue weighted by Gasteiger charge is 2.14. The van der Waals surface area contributed by atoms with Gasteiger partial charge in [0, 0.05) is 18.3 Å². The first-order valence-corrected chi connectivity index (χ1v) is 6.68. The van der Waals surface area contributed by atoms with Crippen LogP contribution < -0.4 is 10.2 Å². The molecule has 0 aliphatic carbocycles. The molecule has 100 valence electrons. The zero-order valence-electron chi connectivity index (χ0n) is 11.9. The maximum Gasteiger partial charge on any atom is 0.240 e. The molecule has 0 aliphatic rings. The first kappa shape index (κ1) is 14.7. The van der Waals surface area contributed by atoms with Gasteiger partial charge in [0.05, 0.1) is 6.54 Å². The Hall–Kier alpha value is -1.35. The highest BCUT2D eigenvalue weighted by molar-refractivity contribution is 5.94. The highest BCUT2D eigenvalue weighted by atomic mass is 16.2. The Morgan fingerprint density at radius 3 is 2.67 bits per heavy atom. The van der Waals surface area contributed by atoms with Gasteiger partial charge in [-0.15, -0.1) is 0 Å². The number of nitrogens with zero attached hydrogens (tertiary/aromatic N) is 1. The first-order valence-electron chi connectivity index (χ1n) is 6.68. The lowest BCUT2D eigenvalue weighted by atomic mass is 10.2. The van der Waals surface area contributed by atoms with Gasteiger partial charge in [-0.25, -0.2) is 0 Å². The number of nitrogens with one attached hydrogen (secondary N) is 1. The minimum Gasteiger partial charge on any atom is -0.312 e. The van der Waals surface area contributed by atoms with Crippen molar-refractivity contribution in [1.82, 2.24) is 5.32 Å². The van der Waals surface area contributed by atoms with Gasteiger partial charge in [0.2, 0.25) is 5.91 Å². The molecule has 0 bridgehead atoms. The standard InChI is InChI=1S/C15H24N2O/c1-5-13(4)16-11-15(18)17(6-2)14-9-7-8-12(3)10-14/h7-10,13,16H,5-6,11H2,1-4H3. The summed E-state index contributed by atoms with van der Waals surface area (Å²) in [6, 6.07) is 8.44. The minimum atomic E-state index is 0.128. The van der Waals surface area contributed by atoms with E-state index in [9.17, 15) is 4.79 Å². The van der Waals surface area contributed by atoms with Gasteiger partial charge in [0.15, 0.2) is 0 Å². The fraction of sp³-hybridized carbons (Fsp3) is 0.533. The summed E-state index contributed by atoms with van der Waals surface area (Å²) in [5.74, 6) is 0.128. The number of hydrogen-bond donors (Lipinski definition) is 1. The molecule has 0 heterocycles. The maximum absolute atomic E-state index is 12.2. The van der Waals surface area contributed by atoms with Crippen molar-refractivity contribution in [3.8, 4) is 0 Å². The van der Waals surface area contributed by atoms with Crippen LogP contribution in [-0.4, -0.2) is 25.0 Å². The first-order chi connectivity index (χ1) is 8.58. The summed E-state index contributed by atoms with van der Waals surface area (Å²) in [4.78, 5) is 14.0. The number of carbonyl (C=O) groups is 1. The van der Waals surface area contributed by atoms with Crippen LogP contribution in [0, 0.1) is 6.92 Å². The van der Waals surface area contributed by atoms with Gasteiger partial charge >= 0.3 is 0 Å². The van der Waals surface area contributed by atoms with Crippen molar-refractivity contribution in [3.05, 3.63) is 29.8 Å². The number of anilines is 1. The van der Waals surface area contributed by atoms with E-state index in [1.165, 1.54) is 5.56 Å². The van der Waals surface area contributed by atoms with E-state index >= 15 is 0 Å². The molecule has 1 rings (SSSR count). The Kier molecular flexibility index (Phi) is 5.86. The number of rotatable bonds is 6. The summed E-state index contributed by atoms with van der Waals surface area (Å²) in [7, 11) is 0. The van der Waals surface area contributed by atoms with E-state index in [0.29, 0.717) is 19.1 Å². The Labute approximate surface area is 110 Å². The van der Waals surface area contributed by atoms with Crippen LogP contribution >= 0.6 is 0 Å². The van der Waals surface area contributed by atoms with Gasteiger partial charge < -0.3 is 10.2 Å². The molecule has 0 aromatic heterocycles. The van der Waals surface area contributed by atoms with E-state index < -0.39 is 0 Å². The SMILES string of the molecule is CCC(C)NCC(=O)N(CC)c1cccc(C)c1. The third-order valence-electron chi connectivity index (χ3n) is 3.14. The molecule has 1 N–H and O–H groups in total. The fourth-order valence-electron chi connectivity index (χ4n) is 1.80. The molecule has 1 amide bonds. The van der Waals surface area contributed by atoms with Gasteiger partial charge in [-0.3, -0.25) is 4.79 Å². The number of likely N-dealkylation sites (N-methyl/N-ethyl adjacent to an activating group) is 1. The Morgan fingerprint density at radius 2 is 2.11 bits per heavy atom. The molecule has 1 aromatic rings. The normalized spacial score (nSPS) is 12.2. The quantitative estimate of drug-likeness (QED) is 0.839. The Morgan fingerprint density at radius 1 is 1.39 bits per heavy atom. The number of benzene rings is 1. The highest BCUT2D eigenvalue weighted by Crippen LogP contribution is 2.15. The lowest BCUT2D eigenvalue weighted by molar-refractivity contribution is -0.117. The van der Waals surface area contributed by atoms with Crippen LogP contribution in [0.2, 0.25) is 0 Å². The van der Waals surface area contributed by atoms with Crippen LogP contribution in [0.5, 0.6) is 0 Å². The van der Waals surface area contributed by atoms with Crippen LogP contribution in [0.25, 0.3) is 0 Å². The molecular weight excluding hydrogens is 224 g/mol. The number of aryl methyl sites for hydroxylation is 1. The lowest BCUT2D eigenvalue weighted by Gasteiger charge is -2.22. The van der Waals surface area contributed by atoms with Crippen molar-refractivity contribution in [3.63, 3.8) is 0 Å². The van der Waals surface area contributed by atoms with Crippen LogP contribution in [0.1, 0.15) is 32.8 Å². The summed E-state index contributed by atoms with van der Waals surface area (Å²) in [6.45, 7) is 9.35. The smallest absolute Gasteiger partial charge is 0.240 e. The van der Waals surface area contributed by atoms with Crippen LogP contribution in [0.4, 0.5) is 5.69 Å². The van der Waals surface area contributed by atoms with Gasteiger partial charge in [0.1, 0.15) is 0 Å². The van der Waals surface area contributed by atoms with Crippen molar-refractivity contribution < 1.29 is 4.79 Å². The van der Waals surface area contributed by atoms with E-state index in [1.807, 2.05) is 43.0 Å². The molecule has 18 heavy (non-hydrogen) atoms. The van der Waals surface area contributed by atoms with Crippen molar-refractivity contribution in [2.45, 2.75) is 40.2 Å². The number of hydrogen-bond acceptors (Lipinski definition) is 2. The van der Waals surface area contributed by atoms with E-state index in [1.54, 1.807) is 0 Å². The summed E-state index contributed by atoms with van der Waals surface area (Å²) in [6.07, 6.45) is 1.03. The predicted octanol–water partition coefficient (Wildman–Crippen LogP) is 2.74. The van der Waals surface area contributed by atoms with Gasteiger partial charge in [-0.05, 0) is 44.9 Å². The molecule has 0 spiro atoms. The number of amides is 1. The molecular formula is C15H24N2O. The molecule has 0 saturated carbocycles. The molecule has 0 fully saturated rings. The van der Waals surface area contributed by atoms with E-state index in [0.717, 1.165) is 12.1 Å². The zero-order valence-corrected chi connectivity index (χ0v) is 11.9. The molecule has 0 radical (unpaired) electrons. The van der Waals surface area contributed by atoms with Gasteiger partial charge in [0.25, 0.3) is 0 Å². The molecule has 1 atom stereocenters. The van der Waals surface area contributed by atoms with E-state index in [2.05, 4.69) is 19.2 Å². The molecule has 1 aromatic carbocycles. The van der Waals surface area contributed by atoms with Crippen LogP contribution in [0.3, 0.4) is 0 Å². The summed E-state index contributed by atoms with van der Waals surface area (Å²) in [5, 5.41) is 3.24. The van der Waals surface area contributed by atoms with Crippen molar-refractivity contribution in [2.75, 3.05) is 18.0 Å². The van der Waals surface area contributed by atoms with Gasteiger partial charge in [-0.2, -0.15) is 0 Å². The monoisotopic (exact) mass is 248 g/mol. The Bertz CT molecular complexity index is 390. The predicted molar refractivity (Wildman–Crippen MR) is 77.0 cm³/mol. The minimum absolute atomic E-state index is 0.128. The second-order valence-electron chi connectivity index (χ2n) is 4.67. The van der Waals surface area contributed by atoms with Crippen molar-refractivity contribution >= 4 is 11.6 Å². The third kappa shape index (κ3) is 4.15. The second-order valence-corrected chi connectivity index (χ2v) is 4.67. The van der Waals surface area contributed by atoms with Crippen molar-refractivity contribution in [1.29, 1.82) is 0 Å². The van der Waals surface area contributed by atoms with Crippen LogP contribution in [0.15, 0.2) is 24.3 Å². The molecule has 0 saturated heterocycles. The average molecular weight is 248 g/mol. The summed E-state index contributed by atoms with van der Waals surface area (Å²) in [5.41, 5.74) is 2.15. The second kappa shape index (κ2) is 7.17. The summed E-state index contributed by atoms with van der Waals surface area (Å²) >= 11 is 0. The van der Waals surface area contributed by atoms with Crippen LogP contribution in [-0.2, 0) is 4.79 Å². The molecule has 1 unspecified atom stereocenters. The lowest BCUT2D eigenvalue weighted by Crippen LogP contribution is -2.40. The molecule has 3 nitrogen and oxygen atoms in total. The molecule has 0 aliphatic heterocycles. The largest absolute Gasteiger partial charge is 0.312 e. The average Bonchev–Trinajstić information content (AvgIpc) is 2.37. The maximum atomic E-state index is 12.2. The van der Waals surface area contributed by atoms with Gasteiger partial charge in [-0.1, -0.05) is 19.1 Å². The van der Waals surface area contributed by atoms with E-state index in [4.69, 9.17) is 0 Å². The van der Waals surface area contributed by atoms with E-state index in [-0.39, 0.29) is 5.91 Å². The number of carbonyl (C=O) groups excluding carboxylic acids is 1.